The summed E-state index contributed by atoms with van der Waals surface area (Å²) in [6.45, 7) is 3.41. The van der Waals surface area contributed by atoms with Crippen molar-refractivity contribution in [3.05, 3.63) is 41.9 Å². The first-order valence-electron chi connectivity index (χ1n) is 8.18. The molecule has 1 atom stereocenters. The Morgan fingerprint density at radius 3 is 2.91 bits per heavy atom. The van der Waals surface area contributed by atoms with Gasteiger partial charge in [-0.1, -0.05) is 29.8 Å². The van der Waals surface area contributed by atoms with E-state index in [1.807, 2.05) is 36.1 Å². The van der Waals surface area contributed by atoms with E-state index in [0.29, 0.717) is 25.3 Å². The lowest BCUT2D eigenvalue weighted by Gasteiger charge is -2.23. The minimum Gasteiger partial charge on any atom is -0.441 e. The molecule has 2 aromatic rings. The molecule has 1 unspecified atom stereocenters. The second kappa shape index (κ2) is 6.96. The van der Waals surface area contributed by atoms with Gasteiger partial charge >= 0.3 is 0 Å². The highest BCUT2D eigenvalue weighted by Crippen LogP contribution is 2.22. The highest BCUT2D eigenvalue weighted by atomic mass is 16.4. The number of nitrogens with zero attached hydrogens (tertiary/aromatic N) is 2. The lowest BCUT2D eigenvalue weighted by molar-refractivity contribution is -0.131. The fourth-order valence-electron chi connectivity index (χ4n) is 3.04. The van der Waals surface area contributed by atoms with Gasteiger partial charge in [0.25, 0.3) is 0 Å². The molecule has 1 aliphatic rings. The van der Waals surface area contributed by atoms with Gasteiger partial charge in [-0.25, -0.2) is 4.98 Å². The average Bonchev–Trinajstić information content (AvgIpc) is 3.22. The van der Waals surface area contributed by atoms with Crippen molar-refractivity contribution in [1.29, 1.82) is 0 Å². The van der Waals surface area contributed by atoms with Gasteiger partial charge in [0.1, 0.15) is 0 Å². The Labute approximate surface area is 136 Å². The molecule has 5 nitrogen and oxygen atoms in total. The molecule has 23 heavy (non-hydrogen) atoms. The van der Waals surface area contributed by atoms with Crippen LogP contribution in [0.5, 0.6) is 0 Å². The molecular weight excluding hydrogens is 290 g/mol. The van der Waals surface area contributed by atoms with Crippen molar-refractivity contribution in [2.45, 2.75) is 38.6 Å². The first-order chi connectivity index (χ1) is 11.2. The molecule has 1 amide bonds. The van der Waals surface area contributed by atoms with Crippen LogP contribution in [0, 0.1) is 6.92 Å². The Bertz CT molecular complexity index is 663. The monoisotopic (exact) mass is 313 g/mol. The van der Waals surface area contributed by atoms with Crippen LogP contribution in [0.15, 0.2) is 34.9 Å². The van der Waals surface area contributed by atoms with Crippen LogP contribution in [-0.4, -0.2) is 34.9 Å². The van der Waals surface area contributed by atoms with Crippen LogP contribution in [0.25, 0.3) is 11.3 Å². The van der Waals surface area contributed by atoms with E-state index < -0.39 is 0 Å². The standard InChI is InChI=1S/C18H23N3O2/c1-13-4-6-14(7-5-13)16-12-20-17(23-16)8-9-18(22)21-10-2-3-15(21)11-19/h4-7,12,15H,2-3,8-11,19H2,1H3. The van der Waals surface area contributed by atoms with E-state index in [-0.39, 0.29) is 11.9 Å². The van der Waals surface area contributed by atoms with Crippen molar-refractivity contribution in [3.8, 4) is 11.3 Å². The minimum absolute atomic E-state index is 0.146. The van der Waals surface area contributed by atoms with Gasteiger partial charge in [-0.15, -0.1) is 0 Å². The summed E-state index contributed by atoms with van der Waals surface area (Å²) in [5.74, 6) is 1.50. The fourth-order valence-corrected chi connectivity index (χ4v) is 3.04. The van der Waals surface area contributed by atoms with Crippen LogP contribution in [0.4, 0.5) is 0 Å². The second-order valence-electron chi connectivity index (χ2n) is 6.10. The number of aryl methyl sites for hydroxylation is 2. The van der Waals surface area contributed by atoms with E-state index >= 15 is 0 Å². The smallest absolute Gasteiger partial charge is 0.223 e. The summed E-state index contributed by atoms with van der Waals surface area (Å²) in [6.07, 6.45) is 4.73. The number of rotatable bonds is 5. The number of carbonyl (C=O) groups is 1. The van der Waals surface area contributed by atoms with Gasteiger partial charge in [-0.2, -0.15) is 0 Å². The number of benzene rings is 1. The lowest BCUT2D eigenvalue weighted by Crippen LogP contribution is -2.40. The van der Waals surface area contributed by atoms with E-state index in [9.17, 15) is 4.79 Å². The first-order valence-corrected chi connectivity index (χ1v) is 8.18. The number of oxazole rings is 1. The van der Waals surface area contributed by atoms with Crippen LogP contribution >= 0.6 is 0 Å². The minimum atomic E-state index is 0.146. The van der Waals surface area contributed by atoms with Gasteiger partial charge < -0.3 is 15.1 Å². The molecule has 0 bridgehead atoms. The number of nitrogens with two attached hydrogens (primary N) is 1. The number of likely N-dealkylation sites (tertiary alicyclic amines) is 1. The fraction of sp³-hybridized carbons (Fsp3) is 0.444. The number of hydrogen-bond donors (Lipinski definition) is 1. The zero-order valence-electron chi connectivity index (χ0n) is 13.5. The highest BCUT2D eigenvalue weighted by molar-refractivity contribution is 5.77. The third-order valence-electron chi connectivity index (χ3n) is 4.41. The molecule has 2 heterocycles. The number of aromatic nitrogens is 1. The first kappa shape index (κ1) is 15.7. The summed E-state index contributed by atoms with van der Waals surface area (Å²) in [7, 11) is 0. The average molecular weight is 313 g/mol. The molecule has 1 saturated heterocycles. The molecule has 122 valence electrons. The highest BCUT2D eigenvalue weighted by Gasteiger charge is 2.27. The molecule has 0 aliphatic carbocycles. The molecule has 0 saturated carbocycles. The molecule has 1 aromatic heterocycles. The number of amides is 1. The van der Waals surface area contributed by atoms with E-state index in [4.69, 9.17) is 10.2 Å². The van der Waals surface area contributed by atoms with Gasteiger partial charge in [0.15, 0.2) is 11.7 Å². The van der Waals surface area contributed by atoms with E-state index in [2.05, 4.69) is 4.98 Å². The maximum atomic E-state index is 12.3. The largest absolute Gasteiger partial charge is 0.441 e. The molecule has 0 spiro atoms. The van der Waals surface area contributed by atoms with Gasteiger partial charge in [0.2, 0.25) is 5.91 Å². The van der Waals surface area contributed by atoms with Gasteiger partial charge in [-0.3, -0.25) is 4.79 Å². The van der Waals surface area contributed by atoms with Crippen molar-refractivity contribution in [1.82, 2.24) is 9.88 Å². The van der Waals surface area contributed by atoms with Crippen molar-refractivity contribution in [2.24, 2.45) is 5.73 Å². The molecule has 1 fully saturated rings. The molecule has 5 heteroatoms. The summed E-state index contributed by atoms with van der Waals surface area (Å²) < 4.78 is 5.77. The summed E-state index contributed by atoms with van der Waals surface area (Å²) in [5, 5.41) is 0. The van der Waals surface area contributed by atoms with Gasteiger partial charge in [-0.05, 0) is 19.8 Å². The molecule has 0 radical (unpaired) electrons. The molecular formula is C18H23N3O2. The van der Waals surface area contributed by atoms with Crippen molar-refractivity contribution < 1.29 is 9.21 Å². The topological polar surface area (TPSA) is 72.4 Å². The Morgan fingerprint density at radius 2 is 2.17 bits per heavy atom. The third-order valence-corrected chi connectivity index (χ3v) is 4.41. The summed E-state index contributed by atoms with van der Waals surface area (Å²) >= 11 is 0. The lowest BCUT2D eigenvalue weighted by atomic mass is 10.1. The Morgan fingerprint density at radius 1 is 1.39 bits per heavy atom. The van der Waals surface area contributed by atoms with Crippen LogP contribution in [-0.2, 0) is 11.2 Å². The SMILES string of the molecule is Cc1ccc(-c2cnc(CCC(=O)N3CCCC3CN)o2)cc1. The Balaban J connectivity index is 1.59. The van der Waals surface area contributed by atoms with Crippen molar-refractivity contribution in [2.75, 3.05) is 13.1 Å². The quantitative estimate of drug-likeness (QED) is 0.920. The predicted octanol–water partition coefficient (Wildman–Crippen LogP) is 2.53. The summed E-state index contributed by atoms with van der Waals surface area (Å²) in [5.41, 5.74) is 7.93. The normalized spacial score (nSPS) is 17.7. The van der Waals surface area contributed by atoms with Gasteiger partial charge in [0, 0.05) is 37.5 Å². The zero-order valence-corrected chi connectivity index (χ0v) is 13.5. The molecule has 1 aliphatic heterocycles. The maximum absolute atomic E-state index is 12.3. The maximum Gasteiger partial charge on any atom is 0.223 e. The van der Waals surface area contributed by atoms with E-state index in [1.54, 1.807) is 6.20 Å². The summed E-state index contributed by atoms with van der Waals surface area (Å²) in [4.78, 5) is 18.5. The van der Waals surface area contributed by atoms with Crippen LogP contribution < -0.4 is 5.73 Å². The van der Waals surface area contributed by atoms with Crippen LogP contribution in [0.1, 0.15) is 30.7 Å². The van der Waals surface area contributed by atoms with Crippen LogP contribution in [0.3, 0.4) is 0 Å². The molecule has 3 rings (SSSR count). The number of carbonyl (C=O) groups excluding carboxylic acids is 1. The number of hydrogen-bond acceptors (Lipinski definition) is 4. The third kappa shape index (κ3) is 3.62. The predicted molar refractivity (Wildman–Crippen MR) is 88.8 cm³/mol. The Hall–Kier alpha value is -2.14. The van der Waals surface area contributed by atoms with Crippen molar-refractivity contribution >= 4 is 5.91 Å². The molecule has 1 aromatic carbocycles. The van der Waals surface area contributed by atoms with Gasteiger partial charge in [0.05, 0.1) is 6.20 Å². The van der Waals surface area contributed by atoms with E-state index in [0.717, 1.165) is 30.7 Å². The zero-order chi connectivity index (χ0) is 16.2. The Kier molecular flexibility index (Phi) is 4.76. The summed E-state index contributed by atoms with van der Waals surface area (Å²) in [6, 6.07) is 8.32. The van der Waals surface area contributed by atoms with Crippen LogP contribution in [0.2, 0.25) is 0 Å². The van der Waals surface area contributed by atoms with Crippen molar-refractivity contribution in [3.63, 3.8) is 0 Å². The molecule has 2 N–H and O–H groups in total. The second-order valence-corrected chi connectivity index (χ2v) is 6.10. The van der Waals surface area contributed by atoms with E-state index in [1.165, 1.54) is 5.56 Å².